The highest BCUT2D eigenvalue weighted by Gasteiger charge is 2.29. The lowest BCUT2D eigenvalue weighted by atomic mass is 10.0. The van der Waals surface area contributed by atoms with Gasteiger partial charge in [-0.1, -0.05) is 6.92 Å². The molecule has 0 aliphatic carbocycles. The van der Waals surface area contributed by atoms with Gasteiger partial charge < -0.3 is 10.1 Å². The first-order valence-electron chi connectivity index (χ1n) is 6.20. The molecule has 0 saturated heterocycles. The molecule has 1 rings (SSSR count). The fraction of sp³-hybridized carbons (Fsp3) is 0.462. The van der Waals surface area contributed by atoms with Crippen LogP contribution in [0.2, 0.25) is 0 Å². The maximum atomic E-state index is 12.2. The molecule has 1 aromatic carbocycles. The van der Waals surface area contributed by atoms with E-state index in [-0.39, 0.29) is 28.8 Å². The van der Waals surface area contributed by atoms with Crippen molar-refractivity contribution in [2.75, 3.05) is 18.9 Å². The second-order valence-electron chi connectivity index (χ2n) is 4.50. The zero-order valence-corrected chi connectivity index (χ0v) is 13.2. The largest absolute Gasteiger partial charge is 0.490 e. The van der Waals surface area contributed by atoms with Crippen LogP contribution in [0.3, 0.4) is 0 Å². The average molecular weight is 335 g/mol. The molecule has 21 heavy (non-hydrogen) atoms. The molecule has 0 radical (unpaired) electrons. The molecule has 1 aromatic rings. The highest BCUT2D eigenvalue weighted by molar-refractivity contribution is 6.22. The summed E-state index contributed by atoms with van der Waals surface area (Å²) < 4.78 is 4.93. The van der Waals surface area contributed by atoms with Gasteiger partial charge in [0.15, 0.2) is 5.75 Å². The van der Waals surface area contributed by atoms with Crippen LogP contribution in [0.15, 0.2) is 18.2 Å². The Hall–Kier alpha value is -1.53. The van der Waals surface area contributed by atoms with Gasteiger partial charge in [0.05, 0.1) is 17.6 Å². The number of halogens is 2. The molecular weight excluding hydrogens is 319 g/mol. The first kappa shape index (κ1) is 17.5. The third-order valence-electron chi connectivity index (χ3n) is 3.21. The SMILES string of the molecule is CCC(CCl)(CCl)NC(=O)c1ccc([N+](=O)[O-])c(OC)c1. The molecule has 0 aromatic heterocycles. The number of rotatable bonds is 7. The Morgan fingerprint density at radius 1 is 1.43 bits per heavy atom. The molecule has 0 fully saturated rings. The van der Waals surface area contributed by atoms with Crippen LogP contribution in [0.4, 0.5) is 5.69 Å². The average Bonchev–Trinajstić information content (AvgIpc) is 2.51. The van der Waals surface area contributed by atoms with Gasteiger partial charge in [-0.15, -0.1) is 23.2 Å². The van der Waals surface area contributed by atoms with E-state index in [1.165, 1.54) is 25.3 Å². The third-order valence-corrected chi connectivity index (χ3v) is 4.23. The Kier molecular flexibility index (Phi) is 6.23. The maximum Gasteiger partial charge on any atom is 0.310 e. The number of carbonyl (C=O) groups excluding carboxylic acids is 1. The number of methoxy groups -OCH3 is 1. The molecule has 0 heterocycles. The van der Waals surface area contributed by atoms with Crippen LogP contribution in [0.25, 0.3) is 0 Å². The Balaban J connectivity index is 3.06. The molecule has 0 atom stereocenters. The van der Waals surface area contributed by atoms with E-state index in [1.54, 1.807) is 0 Å². The number of carbonyl (C=O) groups is 1. The standard InChI is InChI=1S/C13H16Cl2N2O4/c1-3-13(7-14,8-15)16-12(18)9-4-5-10(17(19)20)11(6-9)21-2/h4-6H,3,7-8H2,1-2H3,(H,16,18). The van der Waals surface area contributed by atoms with Gasteiger partial charge in [0.1, 0.15) is 0 Å². The van der Waals surface area contributed by atoms with Crippen molar-refractivity contribution in [1.82, 2.24) is 5.32 Å². The quantitative estimate of drug-likeness (QED) is 0.472. The Bertz CT molecular complexity index is 525. The smallest absolute Gasteiger partial charge is 0.310 e. The number of nitro groups is 1. The van der Waals surface area contributed by atoms with Gasteiger partial charge in [0.25, 0.3) is 5.91 Å². The Morgan fingerprint density at radius 2 is 2.05 bits per heavy atom. The molecule has 0 unspecified atom stereocenters. The van der Waals surface area contributed by atoms with E-state index in [0.29, 0.717) is 6.42 Å². The van der Waals surface area contributed by atoms with Crippen molar-refractivity contribution in [3.63, 3.8) is 0 Å². The number of nitro benzene ring substituents is 1. The molecule has 8 heteroatoms. The molecule has 0 bridgehead atoms. The van der Waals surface area contributed by atoms with E-state index >= 15 is 0 Å². The Morgan fingerprint density at radius 3 is 2.48 bits per heavy atom. The number of nitrogens with zero attached hydrogens (tertiary/aromatic N) is 1. The molecule has 0 saturated carbocycles. The molecule has 1 N–H and O–H groups in total. The zero-order chi connectivity index (χ0) is 16.0. The number of amides is 1. The summed E-state index contributed by atoms with van der Waals surface area (Å²) in [5.41, 5.74) is -0.675. The number of hydrogen-bond acceptors (Lipinski definition) is 4. The number of alkyl halides is 2. The fourth-order valence-electron chi connectivity index (χ4n) is 1.66. The van der Waals surface area contributed by atoms with Crippen molar-refractivity contribution in [1.29, 1.82) is 0 Å². The van der Waals surface area contributed by atoms with E-state index in [2.05, 4.69) is 5.32 Å². The lowest BCUT2D eigenvalue weighted by Gasteiger charge is -2.29. The first-order valence-corrected chi connectivity index (χ1v) is 7.26. The summed E-state index contributed by atoms with van der Waals surface area (Å²) in [5, 5.41) is 13.6. The van der Waals surface area contributed by atoms with Crippen LogP contribution in [-0.4, -0.2) is 35.2 Å². The van der Waals surface area contributed by atoms with Gasteiger partial charge in [0.2, 0.25) is 0 Å². The van der Waals surface area contributed by atoms with Gasteiger partial charge in [-0.3, -0.25) is 14.9 Å². The van der Waals surface area contributed by atoms with Crippen molar-refractivity contribution < 1.29 is 14.5 Å². The normalized spacial score (nSPS) is 11.0. The molecule has 6 nitrogen and oxygen atoms in total. The van der Waals surface area contributed by atoms with Crippen LogP contribution in [0.1, 0.15) is 23.7 Å². The minimum absolute atomic E-state index is 0.0199. The van der Waals surface area contributed by atoms with Crippen LogP contribution in [-0.2, 0) is 0 Å². The second kappa shape index (κ2) is 7.47. The van der Waals surface area contributed by atoms with Crippen molar-refractivity contribution in [2.45, 2.75) is 18.9 Å². The summed E-state index contributed by atoms with van der Waals surface area (Å²) in [6, 6.07) is 3.90. The predicted molar refractivity (Wildman–Crippen MR) is 81.6 cm³/mol. The highest BCUT2D eigenvalue weighted by atomic mass is 35.5. The van der Waals surface area contributed by atoms with E-state index in [0.717, 1.165) is 0 Å². The van der Waals surface area contributed by atoms with Crippen LogP contribution >= 0.6 is 23.2 Å². The lowest BCUT2D eigenvalue weighted by molar-refractivity contribution is -0.385. The molecule has 0 spiro atoms. The van der Waals surface area contributed by atoms with E-state index in [1.807, 2.05) is 6.92 Å². The summed E-state index contributed by atoms with van der Waals surface area (Å²) in [6.07, 6.45) is 0.565. The zero-order valence-electron chi connectivity index (χ0n) is 11.7. The fourth-order valence-corrected chi connectivity index (χ4v) is 2.46. The molecule has 0 aliphatic rings. The van der Waals surface area contributed by atoms with Gasteiger partial charge in [0, 0.05) is 29.5 Å². The minimum Gasteiger partial charge on any atom is -0.490 e. The lowest BCUT2D eigenvalue weighted by Crippen LogP contribution is -2.51. The van der Waals surface area contributed by atoms with E-state index < -0.39 is 16.4 Å². The van der Waals surface area contributed by atoms with Gasteiger partial charge in [-0.05, 0) is 12.5 Å². The third kappa shape index (κ3) is 3.98. The predicted octanol–water partition coefficient (Wildman–Crippen LogP) is 2.96. The van der Waals surface area contributed by atoms with Crippen LogP contribution in [0.5, 0.6) is 5.75 Å². The van der Waals surface area contributed by atoms with Gasteiger partial charge in [-0.25, -0.2) is 0 Å². The van der Waals surface area contributed by atoms with Gasteiger partial charge >= 0.3 is 5.69 Å². The summed E-state index contributed by atoms with van der Waals surface area (Å²) in [7, 11) is 1.30. The number of ether oxygens (including phenoxy) is 1. The maximum absolute atomic E-state index is 12.2. The Labute approximate surface area is 132 Å². The van der Waals surface area contributed by atoms with Crippen LogP contribution in [0, 0.1) is 10.1 Å². The van der Waals surface area contributed by atoms with Crippen molar-refractivity contribution in [2.24, 2.45) is 0 Å². The summed E-state index contributed by atoms with van der Waals surface area (Å²) >= 11 is 11.7. The van der Waals surface area contributed by atoms with Gasteiger partial charge in [-0.2, -0.15) is 0 Å². The molecule has 116 valence electrons. The van der Waals surface area contributed by atoms with E-state index in [9.17, 15) is 14.9 Å². The number of hydrogen-bond donors (Lipinski definition) is 1. The van der Waals surface area contributed by atoms with Crippen molar-refractivity contribution >= 4 is 34.8 Å². The van der Waals surface area contributed by atoms with Crippen LogP contribution < -0.4 is 10.1 Å². The summed E-state index contributed by atoms with van der Waals surface area (Å²) in [4.78, 5) is 22.5. The second-order valence-corrected chi connectivity index (χ2v) is 5.03. The summed E-state index contributed by atoms with van der Waals surface area (Å²) in [5.74, 6) is -0.0519. The van der Waals surface area contributed by atoms with E-state index in [4.69, 9.17) is 27.9 Å². The number of nitrogens with one attached hydrogen (secondary N) is 1. The topological polar surface area (TPSA) is 81.5 Å². The highest BCUT2D eigenvalue weighted by Crippen LogP contribution is 2.28. The molecule has 0 aliphatic heterocycles. The first-order chi connectivity index (χ1) is 9.92. The van der Waals surface area contributed by atoms with Crippen molar-refractivity contribution in [3.05, 3.63) is 33.9 Å². The number of benzene rings is 1. The minimum atomic E-state index is -0.713. The van der Waals surface area contributed by atoms with Crippen molar-refractivity contribution in [3.8, 4) is 5.75 Å². The molecular formula is C13H16Cl2N2O4. The summed E-state index contributed by atoms with van der Waals surface area (Å²) in [6.45, 7) is 1.86. The molecule has 1 amide bonds. The monoisotopic (exact) mass is 334 g/mol.